The Morgan fingerprint density at radius 3 is 3.24 bits per heavy atom. The molecule has 0 saturated carbocycles. The van der Waals surface area contributed by atoms with E-state index in [0.717, 1.165) is 28.5 Å². The maximum atomic E-state index is 5.71. The van der Waals surface area contributed by atoms with Crippen molar-refractivity contribution in [2.75, 3.05) is 29.1 Å². The maximum Gasteiger partial charge on any atom is 0.223 e. The number of hydrogen-bond acceptors (Lipinski definition) is 6. The summed E-state index contributed by atoms with van der Waals surface area (Å²) in [5.41, 5.74) is 5.71. The van der Waals surface area contributed by atoms with E-state index in [-0.39, 0.29) is 0 Å². The summed E-state index contributed by atoms with van der Waals surface area (Å²) in [6.45, 7) is 0.981. The van der Waals surface area contributed by atoms with E-state index in [4.69, 9.17) is 5.73 Å². The number of nitrogens with two attached hydrogens (primary N) is 1. The van der Waals surface area contributed by atoms with Crippen molar-refractivity contribution in [3.63, 3.8) is 0 Å². The number of thioether (sulfide) groups is 1. The Hall–Kier alpha value is -1.01. The van der Waals surface area contributed by atoms with Crippen molar-refractivity contribution < 1.29 is 0 Å². The van der Waals surface area contributed by atoms with Crippen LogP contribution in [0.25, 0.3) is 10.2 Å². The van der Waals surface area contributed by atoms with Gasteiger partial charge in [-0.15, -0.1) is 11.3 Å². The fourth-order valence-electron chi connectivity index (χ4n) is 1.99. The highest BCUT2D eigenvalue weighted by Gasteiger charge is 2.16. The topological polar surface area (TPSA) is 63.8 Å². The Bertz CT molecular complexity index is 519. The second-order valence-corrected chi connectivity index (χ2v) is 6.22. The lowest BCUT2D eigenvalue weighted by molar-refractivity contribution is 0.631. The number of nitrogens with zero attached hydrogens (tertiary/aromatic N) is 2. The minimum absolute atomic E-state index is 0.350. The lowest BCUT2D eigenvalue weighted by Gasteiger charge is -2.11. The second-order valence-electron chi connectivity index (χ2n) is 4.18. The third-order valence-electron chi connectivity index (χ3n) is 2.92. The minimum atomic E-state index is 0.350. The van der Waals surface area contributed by atoms with Crippen LogP contribution in [0.3, 0.4) is 0 Å². The molecule has 0 aliphatic carbocycles. The largest absolute Gasteiger partial charge is 0.369 e. The summed E-state index contributed by atoms with van der Waals surface area (Å²) in [5.74, 6) is 4.52. The van der Waals surface area contributed by atoms with Crippen LogP contribution in [-0.2, 0) is 0 Å². The van der Waals surface area contributed by atoms with Crippen molar-refractivity contribution in [3.05, 3.63) is 11.4 Å². The van der Waals surface area contributed by atoms with Crippen LogP contribution in [0.1, 0.15) is 6.42 Å². The summed E-state index contributed by atoms with van der Waals surface area (Å²) in [6, 6.07) is 2.05. The molecule has 90 valence electrons. The molecule has 0 amide bonds. The lowest BCUT2D eigenvalue weighted by Crippen LogP contribution is -2.15. The van der Waals surface area contributed by atoms with E-state index in [1.807, 2.05) is 23.2 Å². The van der Waals surface area contributed by atoms with E-state index in [0.29, 0.717) is 5.95 Å². The van der Waals surface area contributed by atoms with Crippen LogP contribution in [-0.4, -0.2) is 28.0 Å². The number of aromatic nitrogens is 2. The smallest absolute Gasteiger partial charge is 0.223 e. The van der Waals surface area contributed by atoms with Gasteiger partial charge in [0.2, 0.25) is 5.95 Å². The molecule has 1 aliphatic rings. The molecule has 2 aromatic heterocycles. The summed E-state index contributed by atoms with van der Waals surface area (Å²) in [6.07, 6.45) is 1.30. The van der Waals surface area contributed by atoms with Crippen LogP contribution in [0.4, 0.5) is 11.8 Å². The van der Waals surface area contributed by atoms with Gasteiger partial charge in [0.15, 0.2) is 0 Å². The molecule has 0 bridgehead atoms. The highest BCUT2D eigenvalue weighted by atomic mass is 32.2. The van der Waals surface area contributed by atoms with E-state index < -0.39 is 0 Å². The van der Waals surface area contributed by atoms with Crippen LogP contribution in [0, 0.1) is 5.92 Å². The van der Waals surface area contributed by atoms with Gasteiger partial charge in [-0.2, -0.15) is 16.7 Å². The number of thiophene rings is 1. The van der Waals surface area contributed by atoms with E-state index in [2.05, 4.69) is 15.3 Å². The molecule has 0 spiro atoms. The average molecular weight is 266 g/mol. The summed E-state index contributed by atoms with van der Waals surface area (Å²) in [5, 5.41) is 6.52. The van der Waals surface area contributed by atoms with Gasteiger partial charge in [0.05, 0.1) is 5.39 Å². The molecule has 3 heterocycles. The van der Waals surface area contributed by atoms with Crippen LogP contribution >= 0.6 is 23.1 Å². The number of nitrogen functional groups attached to an aromatic ring is 1. The number of nitrogens with one attached hydrogen (secondary N) is 1. The molecular weight excluding hydrogens is 252 g/mol. The Kier molecular flexibility index (Phi) is 3.07. The van der Waals surface area contributed by atoms with Crippen molar-refractivity contribution in [1.29, 1.82) is 0 Å². The van der Waals surface area contributed by atoms with E-state index in [9.17, 15) is 0 Å². The molecule has 6 heteroatoms. The SMILES string of the molecule is Nc1nc(NCC2CCSC2)c2ccsc2n1. The van der Waals surface area contributed by atoms with Gasteiger partial charge in [-0.3, -0.25) is 0 Å². The Balaban J connectivity index is 1.81. The van der Waals surface area contributed by atoms with Gasteiger partial charge < -0.3 is 11.1 Å². The Labute approximate surface area is 108 Å². The predicted molar refractivity (Wildman–Crippen MR) is 75.7 cm³/mol. The van der Waals surface area contributed by atoms with Crippen molar-refractivity contribution in [3.8, 4) is 0 Å². The number of rotatable bonds is 3. The number of fused-ring (bicyclic) bond motifs is 1. The molecule has 1 fully saturated rings. The molecule has 2 aromatic rings. The first-order chi connectivity index (χ1) is 8.33. The third kappa shape index (κ3) is 2.32. The zero-order chi connectivity index (χ0) is 11.7. The van der Waals surface area contributed by atoms with Crippen molar-refractivity contribution in [2.45, 2.75) is 6.42 Å². The highest BCUT2D eigenvalue weighted by molar-refractivity contribution is 7.99. The van der Waals surface area contributed by atoms with Crippen molar-refractivity contribution in [1.82, 2.24) is 9.97 Å². The number of hydrogen-bond donors (Lipinski definition) is 2. The third-order valence-corrected chi connectivity index (χ3v) is 4.96. The molecular formula is C11H14N4S2. The highest BCUT2D eigenvalue weighted by Crippen LogP contribution is 2.27. The van der Waals surface area contributed by atoms with Crippen LogP contribution in [0.5, 0.6) is 0 Å². The van der Waals surface area contributed by atoms with Gasteiger partial charge in [-0.25, -0.2) is 4.98 Å². The first-order valence-electron chi connectivity index (χ1n) is 5.65. The zero-order valence-electron chi connectivity index (χ0n) is 9.35. The summed E-state index contributed by atoms with van der Waals surface area (Å²) in [7, 11) is 0. The summed E-state index contributed by atoms with van der Waals surface area (Å²) >= 11 is 3.63. The molecule has 17 heavy (non-hydrogen) atoms. The molecule has 1 saturated heterocycles. The van der Waals surface area contributed by atoms with Crippen molar-refractivity contribution in [2.24, 2.45) is 5.92 Å². The number of anilines is 2. The van der Waals surface area contributed by atoms with E-state index in [1.165, 1.54) is 17.9 Å². The fraction of sp³-hybridized carbons (Fsp3) is 0.455. The van der Waals surface area contributed by atoms with Gasteiger partial charge in [-0.1, -0.05) is 0 Å². The molecule has 4 nitrogen and oxygen atoms in total. The molecule has 3 N–H and O–H groups in total. The Morgan fingerprint density at radius 1 is 1.47 bits per heavy atom. The molecule has 3 rings (SSSR count). The monoisotopic (exact) mass is 266 g/mol. The molecule has 1 aliphatic heterocycles. The van der Waals surface area contributed by atoms with Gasteiger partial charge >= 0.3 is 0 Å². The van der Waals surface area contributed by atoms with Crippen LogP contribution in [0.2, 0.25) is 0 Å². The van der Waals surface area contributed by atoms with Crippen LogP contribution in [0.15, 0.2) is 11.4 Å². The normalized spacial score (nSPS) is 19.9. The molecule has 0 radical (unpaired) electrons. The second kappa shape index (κ2) is 4.70. The maximum absolute atomic E-state index is 5.71. The fourth-order valence-corrected chi connectivity index (χ4v) is 4.05. The van der Waals surface area contributed by atoms with Crippen molar-refractivity contribution >= 4 is 45.1 Å². The van der Waals surface area contributed by atoms with Gasteiger partial charge in [0.1, 0.15) is 10.6 Å². The minimum Gasteiger partial charge on any atom is -0.369 e. The first kappa shape index (κ1) is 11.1. The Morgan fingerprint density at radius 2 is 2.41 bits per heavy atom. The van der Waals surface area contributed by atoms with Gasteiger partial charge in [0, 0.05) is 6.54 Å². The zero-order valence-corrected chi connectivity index (χ0v) is 11.0. The predicted octanol–water partition coefficient (Wildman–Crippen LogP) is 2.44. The average Bonchev–Trinajstić information content (AvgIpc) is 2.95. The van der Waals surface area contributed by atoms with Crippen LogP contribution < -0.4 is 11.1 Å². The summed E-state index contributed by atoms with van der Waals surface area (Å²) < 4.78 is 0. The first-order valence-corrected chi connectivity index (χ1v) is 7.68. The summed E-state index contributed by atoms with van der Waals surface area (Å²) in [4.78, 5) is 9.47. The van der Waals surface area contributed by atoms with E-state index >= 15 is 0 Å². The molecule has 0 aromatic carbocycles. The molecule has 1 atom stereocenters. The van der Waals surface area contributed by atoms with Gasteiger partial charge in [0.25, 0.3) is 0 Å². The lowest BCUT2D eigenvalue weighted by atomic mass is 10.1. The van der Waals surface area contributed by atoms with E-state index in [1.54, 1.807) is 11.3 Å². The van der Waals surface area contributed by atoms with Gasteiger partial charge in [-0.05, 0) is 35.3 Å². The quantitative estimate of drug-likeness (QED) is 0.893. The standard InChI is InChI=1S/C11H14N4S2/c12-11-14-9(8-2-4-17-10(8)15-11)13-5-7-1-3-16-6-7/h2,4,7H,1,3,5-6H2,(H3,12,13,14,15). The molecule has 1 unspecified atom stereocenters.